The van der Waals surface area contributed by atoms with E-state index in [-0.39, 0.29) is 0 Å². The molecule has 4 rings (SSSR count). The molecule has 0 unspecified atom stereocenters. The van der Waals surface area contributed by atoms with Gasteiger partial charge in [0, 0.05) is 24.7 Å². The summed E-state index contributed by atoms with van der Waals surface area (Å²) in [5.41, 5.74) is 4.76. The quantitative estimate of drug-likeness (QED) is 0.575. The van der Waals surface area contributed by atoms with Crippen molar-refractivity contribution in [2.45, 2.75) is 13.5 Å². The Kier molecular flexibility index (Phi) is 4.00. The highest BCUT2D eigenvalue weighted by molar-refractivity contribution is 5.89. The van der Waals surface area contributed by atoms with Crippen LogP contribution < -0.4 is 10.1 Å². The maximum absolute atomic E-state index is 5.22. The van der Waals surface area contributed by atoms with Crippen LogP contribution in [0.25, 0.3) is 22.3 Å². The Bertz CT molecular complexity index is 1050. The molecule has 0 aliphatic heterocycles. The van der Waals surface area contributed by atoms with Gasteiger partial charge in [-0.25, -0.2) is 9.97 Å². The smallest absolute Gasteiger partial charge is 0.163 e. The minimum absolute atomic E-state index is 0.582. The molecule has 0 saturated carbocycles. The first kappa shape index (κ1) is 16.1. The number of anilines is 1. The number of methoxy groups -OCH3 is 1. The minimum Gasteiger partial charge on any atom is -0.497 e. The van der Waals surface area contributed by atoms with Crippen molar-refractivity contribution >= 4 is 16.9 Å². The van der Waals surface area contributed by atoms with Gasteiger partial charge in [0.25, 0.3) is 0 Å². The lowest BCUT2D eigenvalue weighted by Gasteiger charge is -2.08. The van der Waals surface area contributed by atoms with Crippen molar-refractivity contribution in [3.05, 3.63) is 48.0 Å². The lowest BCUT2D eigenvalue weighted by Crippen LogP contribution is -2.03. The van der Waals surface area contributed by atoms with E-state index in [0.717, 1.165) is 45.1 Å². The molecule has 0 atom stereocenters. The van der Waals surface area contributed by atoms with Crippen LogP contribution in [-0.4, -0.2) is 37.1 Å². The molecular formula is C18H19N7O. The first-order valence-corrected chi connectivity index (χ1v) is 8.22. The van der Waals surface area contributed by atoms with Gasteiger partial charge in [-0.2, -0.15) is 10.2 Å². The van der Waals surface area contributed by atoms with E-state index in [9.17, 15) is 0 Å². The van der Waals surface area contributed by atoms with Crippen LogP contribution in [0.15, 0.2) is 36.8 Å². The summed E-state index contributed by atoms with van der Waals surface area (Å²) in [4.78, 5) is 8.69. The summed E-state index contributed by atoms with van der Waals surface area (Å²) in [6.45, 7) is 2.54. The Morgan fingerprint density at radius 2 is 2.00 bits per heavy atom. The molecule has 4 aromatic rings. The highest BCUT2D eigenvalue weighted by Gasteiger charge is 2.13. The van der Waals surface area contributed by atoms with Gasteiger partial charge in [0.15, 0.2) is 5.65 Å². The summed E-state index contributed by atoms with van der Waals surface area (Å²) in [6, 6.07) is 7.87. The van der Waals surface area contributed by atoms with E-state index >= 15 is 0 Å². The Balaban J connectivity index is 1.61. The van der Waals surface area contributed by atoms with Gasteiger partial charge in [0.1, 0.15) is 17.9 Å². The van der Waals surface area contributed by atoms with Gasteiger partial charge in [-0.05, 0) is 31.2 Å². The van der Waals surface area contributed by atoms with Crippen LogP contribution in [0.3, 0.4) is 0 Å². The number of aromatic nitrogens is 6. The molecule has 0 spiro atoms. The van der Waals surface area contributed by atoms with E-state index in [1.165, 1.54) is 0 Å². The molecule has 8 nitrogen and oxygen atoms in total. The number of fused-ring (bicyclic) bond motifs is 1. The first-order valence-electron chi connectivity index (χ1n) is 8.22. The summed E-state index contributed by atoms with van der Waals surface area (Å²) < 4.78 is 6.98. The average Bonchev–Trinajstić information content (AvgIpc) is 3.25. The largest absolute Gasteiger partial charge is 0.497 e. The van der Waals surface area contributed by atoms with Crippen molar-refractivity contribution in [2.75, 3.05) is 12.4 Å². The lowest BCUT2D eigenvalue weighted by molar-refractivity contribution is 0.415. The molecule has 3 aromatic heterocycles. The monoisotopic (exact) mass is 349 g/mol. The number of nitrogens with one attached hydrogen (secondary N) is 2. The third kappa shape index (κ3) is 2.75. The molecule has 2 N–H and O–H groups in total. The van der Waals surface area contributed by atoms with Gasteiger partial charge in [-0.15, -0.1) is 0 Å². The Morgan fingerprint density at radius 3 is 2.77 bits per heavy atom. The zero-order valence-corrected chi connectivity index (χ0v) is 14.8. The summed E-state index contributed by atoms with van der Waals surface area (Å²) >= 11 is 0. The predicted molar refractivity (Wildman–Crippen MR) is 98.9 cm³/mol. The van der Waals surface area contributed by atoms with Crippen molar-refractivity contribution in [3.8, 4) is 17.0 Å². The predicted octanol–water partition coefficient (Wildman–Crippen LogP) is 2.68. The van der Waals surface area contributed by atoms with Crippen LogP contribution in [0.5, 0.6) is 5.75 Å². The molecule has 0 radical (unpaired) electrons. The van der Waals surface area contributed by atoms with Gasteiger partial charge >= 0.3 is 0 Å². The number of benzene rings is 1. The summed E-state index contributed by atoms with van der Waals surface area (Å²) in [5.74, 6) is 1.59. The average molecular weight is 349 g/mol. The molecule has 0 fully saturated rings. The van der Waals surface area contributed by atoms with Gasteiger partial charge in [-0.1, -0.05) is 0 Å². The third-order valence-electron chi connectivity index (χ3n) is 4.34. The van der Waals surface area contributed by atoms with Crippen LogP contribution in [0.4, 0.5) is 5.82 Å². The fourth-order valence-corrected chi connectivity index (χ4v) is 3.04. The topological polar surface area (TPSA) is 93.5 Å². The molecule has 0 aliphatic rings. The fourth-order valence-electron chi connectivity index (χ4n) is 3.04. The second-order valence-electron chi connectivity index (χ2n) is 5.98. The highest BCUT2D eigenvalue weighted by atomic mass is 16.5. The van der Waals surface area contributed by atoms with Crippen LogP contribution >= 0.6 is 0 Å². The van der Waals surface area contributed by atoms with E-state index in [0.29, 0.717) is 6.54 Å². The molecule has 1 aromatic carbocycles. The minimum atomic E-state index is 0.582. The SMILES string of the molecule is COc1ccc(-c2[nH]ncc2CNc2ncnc3c2c(C)nn3C)cc1. The van der Waals surface area contributed by atoms with Crippen LogP contribution in [0, 0.1) is 6.92 Å². The zero-order valence-electron chi connectivity index (χ0n) is 14.8. The number of ether oxygens (including phenoxy) is 1. The molecule has 0 amide bonds. The van der Waals surface area contributed by atoms with Crippen molar-refractivity contribution < 1.29 is 4.74 Å². The molecule has 26 heavy (non-hydrogen) atoms. The van der Waals surface area contributed by atoms with Crippen molar-refractivity contribution in [1.82, 2.24) is 29.9 Å². The van der Waals surface area contributed by atoms with Gasteiger partial charge in [-0.3, -0.25) is 9.78 Å². The number of aromatic amines is 1. The molecule has 0 aliphatic carbocycles. The summed E-state index contributed by atoms with van der Waals surface area (Å²) in [5, 5.41) is 16.0. The van der Waals surface area contributed by atoms with E-state index in [1.54, 1.807) is 18.1 Å². The van der Waals surface area contributed by atoms with Crippen molar-refractivity contribution in [2.24, 2.45) is 7.05 Å². The Morgan fingerprint density at radius 1 is 1.19 bits per heavy atom. The molecule has 3 heterocycles. The second-order valence-corrected chi connectivity index (χ2v) is 5.98. The Hall–Kier alpha value is -3.42. The first-order chi connectivity index (χ1) is 12.7. The number of rotatable bonds is 5. The molecule has 132 valence electrons. The zero-order chi connectivity index (χ0) is 18.1. The molecule has 0 saturated heterocycles. The number of hydrogen-bond acceptors (Lipinski definition) is 6. The molecule has 8 heteroatoms. The van der Waals surface area contributed by atoms with E-state index < -0.39 is 0 Å². The number of hydrogen-bond donors (Lipinski definition) is 2. The fraction of sp³-hybridized carbons (Fsp3) is 0.222. The van der Waals surface area contributed by atoms with E-state index in [2.05, 4.69) is 30.6 Å². The normalized spacial score (nSPS) is 11.0. The summed E-state index contributed by atoms with van der Waals surface area (Å²) in [7, 11) is 3.54. The molecular weight excluding hydrogens is 330 g/mol. The van der Waals surface area contributed by atoms with Crippen LogP contribution in [0.1, 0.15) is 11.3 Å². The van der Waals surface area contributed by atoms with Crippen molar-refractivity contribution in [3.63, 3.8) is 0 Å². The standard InChI is InChI=1S/C18H19N7O/c1-11-15-17(20-10-21-18(15)25(2)24-11)19-8-13-9-22-23-16(13)12-4-6-14(26-3)7-5-12/h4-7,9-10H,8H2,1-3H3,(H,22,23)(H,19,20,21). The second kappa shape index (κ2) is 6.47. The van der Waals surface area contributed by atoms with Gasteiger partial charge in [0.2, 0.25) is 0 Å². The Labute approximate surface area is 150 Å². The summed E-state index contributed by atoms with van der Waals surface area (Å²) in [6.07, 6.45) is 3.37. The number of aryl methyl sites for hydroxylation is 2. The van der Waals surface area contributed by atoms with Crippen LogP contribution in [-0.2, 0) is 13.6 Å². The van der Waals surface area contributed by atoms with Gasteiger partial charge < -0.3 is 10.1 Å². The lowest BCUT2D eigenvalue weighted by atomic mass is 10.1. The highest BCUT2D eigenvalue weighted by Crippen LogP contribution is 2.26. The van der Waals surface area contributed by atoms with Crippen molar-refractivity contribution in [1.29, 1.82) is 0 Å². The third-order valence-corrected chi connectivity index (χ3v) is 4.34. The van der Waals surface area contributed by atoms with Crippen LogP contribution in [0.2, 0.25) is 0 Å². The molecule has 0 bridgehead atoms. The maximum Gasteiger partial charge on any atom is 0.163 e. The number of nitrogens with zero attached hydrogens (tertiary/aromatic N) is 5. The van der Waals surface area contributed by atoms with Gasteiger partial charge in [0.05, 0.1) is 30.1 Å². The maximum atomic E-state index is 5.22. The van der Waals surface area contributed by atoms with E-state index in [1.807, 2.05) is 44.4 Å². The van der Waals surface area contributed by atoms with E-state index in [4.69, 9.17) is 4.74 Å². The number of H-pyrrole nitrogens is 1.